The lowest BCUT2D eigenvalue weighted by molar-refractivity contribution is 1.08. The molecule has 208 valence electrons. The number of benzene rings is 6. The normalized spacial score (nSPS) is 12.4. The summed E-state index contributed by atoms with van der Waals surface area (Å²) in [6.45, 7) is 0. The molecule has 11 rings (SSSR count). The summed E-state index contributed by atoms with van der Waals surface area (Å²) in [5.74, 6) is 1.60. The Kier molecular flexibility index (Phi) is 4.41. The van der Waals surface area contributed by atoms with Crippen LogP contribution in [0.5, 0.6) is 0 Å². The van der Waals surface area contributed by atoms with Gasteiger partial charge in [-0.1, -0.05) is 66.7 Å². The zero-order valence-electron chi connectivity index (χ0n) is 23.8. The van der Waals surface area contributed by atoms with Crippen molar-refractivity contribution in [3.8, 4) is 17.2 Å². The van der Waals surface area contributed by atoms with E-state index in [2.05, 4.69) is 130 Å². The highest BCUT2D eigenvalue weighted by atomic mass is 32.1. The molecule has 5 heterocycles. The Morgan fingerprint density at radius 1 is 0.511 bits per heavy atom. The maximum absolute atomic E-state index is 5.35. The molecule has 0 unspecified atom stereocenters. The van der Waals surface area contributed by atoms with Crippen LogP contribution in [-0.2, 0) is 0 Å². The van der Waals surface area contributed by atoms with Gasteiger partial charge in [-0.15, -0.1) is 11.3 Å². The molecule has 5 aromatic heterocycles. The van der Waals surface area contributed by atoms with Crippen LogP contribution in [0.1, 0.15) is 0 Å². The summed E-state index contributed by atoms with van der Waals surface area (Å²) in [6, 6.07) is 43.1. The first kappa shape index (κ1) is 23.6. The molecule has 11 aromatic rings. The first-order valence-electron chi connectivity index (χ1n) is 15.0. The van der Waals surface area contributed by atoms with E-state index in [0.717, 1.165) is 38.8 Å². The number of hydrogen-bond donors (Lipinski definition) is 0. The number of para-hydroxylation sites is 4. The molecular weight excluding hydrogens is 571 g/mol. The van der Waals surface area contributed by atoms with Gasteiger partial charge in [-0.05, 0) is 54.6 Å². The van der Waals surface area contributed by atoms with E-state index in [1.165, 1.54) is 53.6 Å². The summed E-state index contributed by atoms with van der Waals surface area (Å²) in [4.78, 5) is 15.2. The summed E-state index contributed by atoms with van der Waals surface area (Å²) in [5, 5.41) is 8.40. The molecule has 0 radical (unpaired) electrons. The molecule has 6 heteroatoms. The SMILES string of the molecule is c1ccc2c(-n3c4ccccc4c4ccccc43)nc(-c3ccc4c(c3)c3cc5ncsc5c5c6ccccc6n4c35)nc2c1. The average molecular weight is 592 g/mol. The topological polar surface area (TPSA) is 48.0 Å². The van der Waals surface area contributed by atoms with Crippen LogP contribution in [0.15, 0.2) is 127 Å². The fourth-order valence-electron chi connectivity index (χ4n) is 7.53. The zero-order valence-corrected chi connectivity index (χ0v) is 24.6. The lowest BCUT2D eigenvalue weighted by Gasteiger charge is -2.12. The Balaban J connectivity index is 1.24. The maximum atomic E-state index is 5.35. The Morgan fingerprint density at radius 2 is 1.18 bits per heavy atom. The molecule has 0 spiro atoms. The minimum atomic E-state index is 0.709. The van der Waals surface area contributed by atoms with Crippen molar-refractivity contribution >= 4 is 92.4 Å². The summed E-state index contributed by atoms with van der Waals surface area (Å²) < 4.78 is 5.96. The highest BCUT2D eigenvalue weighted by Gasteiger charge is 2.22. The van der Waals surface area contributed by atoms with E-state index < -0.39 is 0 Å². The van der Waals surface area contributed by atoms with Crippen molar-refractivity contribution < 1.29 is 0 Å². The van der Waals surface area contributed by atoms with Gasteiger partial charge in [-0.3, -0.25) is 4.57 Å². The molecule has 0 bridgehead atoms. The van der Waals surface area contributed by atoms with Gasteiger partial charge in [0, 0.05) is 43.3 Å². The third kappa shape index (κ3) is 2.99. The fourth-order valence-corrected chi connectivity index (χ4v) is 8.35. The molecule has 0 aliphatic carbocycles. The van der Waals surface area contributed by atoms with Gasteiger partial charge in [0.15, 0.2) is 5.82 Å². The van der Waals surface area contributed by atoms with Gasteiger partial charge < -0.3 is 4.40 Å². The molecule has 0 N–H and O–H groups in total. The summed E-state index contributed by atoms with van der Waals surface area (Å²) in [6.07, 6.45) is 0. The highest BCUT2D eigenvalue weighted by Crippen LogP contribution is 2.44. The number of thiazole rings is 1. The smallest absolute Gasteiger partial charge is 0.162 e. The Labute approximate surface area is 259 Å². The van der Waals surface area contributed by atoms with E-state index in [-0.39, 0.29) is 0 Å². The monoisotopic (exact) mass is 591 g/mol. The number of hydrogen-bond acceptors (Lipinski definition) is 4. The summed E-state index contributed by atoms with van der Waals surface area (Å²) in [5.41, 5.74) is 10.8. The van der Waals surface area contributed by atoms with Gasteiger partial charge in [-0.25, -0.2) is 15.0 Å². The van der Waals surface area contributed by atoms with E-state index in [9.17, 15) is 0 Å². The van der Waals surface area contributed by atoms with Crippen LogP contribution in [0.2, 0.25) is 0 Å². The second-order valence-corrected chi connectivity index (χ2v) is 12.5. The molecule has 0 aliphatic rings. The van der Waals surface area contributed by atoms with Crippen molar-refractivity contribution in [1.82, 2.24) is 23.9 Å². The van der Waals surface area contributed by atoms with Crippen LogP contribution in [-0.4, -0.2) is 23.9 Å². The number of fused-ring (bicyclic) bond motifs is 12. The first-order chi connectivity index (χ1) is 22.3. The Bertz CT molecular complexity index is 2950. The second-order valence-electron chi connectivity index (χ2n) is 11.7. The van der Waals surface area contributed by atoms with Gasteiger partial charge in [0.25, 0.3) is 0 Å². The summed E-state index contributed by atoms with van der Waals surface area (Å²) >= 11 is 1.72. The third-order valence-corrected chi connectivity index (χ3v) is 10.3. The zero-order chi connectivity index (χ0) is 29.2. The lowest BCUT2D eigenvalue weighted by atomic mass is 10.0. The van der Waals surface area contributed by atoms with E-state index in [4.69, 9.17) is 15.0 Å². The van der Waals surface area contributed by atoms with Crippen LogP contribution < -0.4 is 0 Å². The molecule has 0 aliphatic heterocycles. The number of rotatable bonds is 2. The molecule has 0 fully saturated rings. The minimum Gasteiger partial charge on any atom is -0.308 e. The molecule has 45 heavy (non-hydrogen) atoms. The Morgan fingerprint density at radius 3 is 1.98 bits per heavy atom. The van der Waals surface area contributed by atoms with Gasteiger partial charge >= 0.3 is 0 Å². The van der Waals surface area contributed by atoms with Crippen molar-refractivity contribution in [3.05, 3.63) is 127 Å². The molecule has 0 atom stereocenters. The van der Waals surface area contributed by atoms with Crippen molar-refractivity contribution in [2.75, 3.05) is 0 Å². The predicted octanol–water partition coefficient (Wildman–Crippen LogP) is 10.2. The van der Waals surface area contributed by atoms with Gasteiger partial charge in [0.05, 0.1) is 48.8 Å². The van der Waals surface area contributed by atoms with Gasteiger partial charge in [0.1, 0.15) is 5.82 Å². The largest absolute Gasteiger partial charge is 0.308 e. The predicted molar refractivity (Wildman–Crippen MR) is 187 cm³/mol. The average Bonchev–Trinajstić information content (AvgIpc) is 3.86. The van der Waals surface area contributed by atoms with Gasteiger partial charge in [0.2, 0.25) is 0 Å². The van der Waals surface area contributed by atoms with Crippen LogP contribution in [0.3, 0.4) is 0 Å². The van der Waals surface area contributed by atoms with Crippen molar-refractivity contribution in [3.63, 3.8) is 0 Å². The fraction of sp³-hybridized carbons (Fsp3) is 0. The van der Waals surface area contributed by atoms with Crippen LogP contribution in [0, 0.1) is 0 Å². The summed E-state index contributed by atoms with van der Waals surface area (Å²) in [7, 11) is 0. The highest BCUT2D eigenvalue weighted by molar-refractivity contribution is 7.18. The number of aromatic nitrogens is 5. The third-order valence-electron chi connectivity index (χ3n) is 9.39. The Hall–Kier alpha value is -5.85. The molecular formula is C39H21N5S. The molecule has 5 nitrogen and oxygen atoms in total. The standard InChI is InChI=1S/C39H21N5S/c1-5-13-29-25(11-1)39(44-31-14-6-2-9-23(31)24-10-3-7-15-32(24)44)42-38(41-29)22-17-18-34-27(19-22)28-20-30-37(45-21-40-30)35-26-12-4-8-16-33(26)43(34)36(28)35/h1-21H. The van der Waals surface area contributed by atoms with E-state index in [1.54, 1.807) is 11.3 Å². The molecule has 6 aromatic carbocycles. The quantitative estimate of drug-likeness (QED) is 0.201. The maximum Gasteiger partial charge on any atom is 0.162 e. The van der Waals surface area contributed by atoms with Crippen LogP contribution >= 0.6 is 11.3 Å². The van der Waals surface area contributed by atoms with Crippen molar-refractivity contribution in [2.45, 2.75) is 0 Å². The van der Waals surface area contributed by atoms with Gasteiger partial charge in [-0.2, -0.15) is 0 Å². The molecule has 0 amide bonds. The van der Waals surface area contributed by atoms with Crippen molar-refractivity contribution in [1.29, 1.82) is 0 Å². The van der Waals surface area contributed by atoms with E-state index >= 15 is 0 Å². The van der Waals surface area contributed by atoms with Crippen LogP contribution in [0.4, 0.5) is 0 Å². The molecule has 0 saturated heterocycles. The van der Waals surface area contributed by atoms with E-state index in [0.29, 0.717) is 5.82 Å². The van der Waals surface area contributed by atoms with Crippen LogP contribution in [0.25, 0.3) is 98.2 Å². The molecule has 0 saturated carbocycles. The minimum absolute atomic E-state index is 0.709. The number of nitrogens with zero attached hydrogens (tertiary/aromatic N) is 5. The van der Waals surface area contributed by atoms with E-state index in [1.807, 2.05) is 5.51 Å². The second kappa shape index (κ2) is 8.40. The first-order valence-corrected chi connectivity index (χ1v) is 15.9. The van der Waals surface area contributed by atoms with Crippen molar-refractivity contribution in [2.24, 2.45) is 0 Å². The lowest BCUT2D eigenvalue weighted by Crippen LogP contribution is -2.02.